The lowest BCUT2D eigenvalue weighted by molar-refractivity contribution is -0.117. The Balaban J connectivity index is 1.55. The number of sulfone groups is 1. The fourth-order valence-corrected chi connectivity index (χ4v) is 6.32. The summed E-state index contributed by atoms with van der Waals surface area (Å²) in [5, 5.41) is 0. The van der Waals surface area contributed by atoms with Gasteiger partial charge in [-0.3, -0.25) is 9.59 Å². The van der Waals surface area contributed by atoms with Crippen molar-refractivity contribution in [2.75, 3.05) is 40.2 Å². The van der Waals surface area contributed by atoms with Crippen LogP contribution in [-0.4, -0.2) is 60.3 Å². The van der Waals surface area contributed by atoms with Crippen LogP contribution in [0.2, 0.25) is 0 Å². The monoisotopic (exact) mass is 584 g/mol. The molecule has 0 spiro atoms. The minimum absolute atomic E-state index is 0.0512. The number of ketones is 1. The smallest absolute Gasteiger partial charge is 0.253 e. The van der Waals surface area contributed by atoms with Crippen molar-refractivity contribution < 1.29 is 22.7 Å². The number of nitrogens with zero attached hydrogens (tertiary/aromatic N) is 2. The maximum absolute atomic E-state index is 13.7. The molecular weight excluding hydrogens is 548 g/mol. The summed E-state index contributed by atoms with van der Waals surface area (Å²) in [6.07, 6.45) is 0.510. The van der Waals surface area contributed by atoms with Crippen LogP contribution in [-0.2, 0) is 33.2 Å². The lowest BCUT2D eigenvalue weighted by Gasteiger charge is -2.14. The molecule has 0 fully saturated rings. The van der Waals surface area contributed by atoms with Gasteiger partial charge in [0.15, 0.2) is 9.84 Å². The Morgan fingerprint density at radius 1 is 0.714 bits per heavy atom. The summed E-state index contributed by atoms with van der Waals surface area (Å²) in [5.41, 5.74) is 5.20. The fourth-order valence-electron chi connectivity index (χ4n) is 4.78. The highest BCUT2D eigenvalue weighted by molar-refractivity contribution is 7.90. The number of carbonyl (C=O) groups is 2. The molecule has 0 N–H and O–H groups in total. The summed E-state index contributed by atoms with van der Waals surface area (Å²) < 4.78 is 32.8. The Morgan fingerprint density at radius 2 is 1.33 bits per heavy atom. The maximum atomic E-state index is 13.7. The van der Waals surface area contributed by atoms with E-state index in [4.69, 9.17) is 4.74 Å². The van der Waals surface area contributed by atoms with Crippen LogP contribution >= 0.6 is 0 Å². The van der Waals surface area contributed by atoms with Gasteiger partial charge in [0.25, 0.3) is 5.91 Å². The summed E-state index contributed by atoms with van der Waals surface area (Å²) in [6.45, 7) is 0. The van der Waals surface area contributed by atoms with Gasteiger partial charge in [-0.2, -0.15) is 0 Å². The highest BCUT2D eigenvalue weighted by Gasteiger charge is 2.22. The molecule has 0 aromatic heterocycles. The van der Waals surface area contributed by atoms with Gasteiger partial charge in [-0.15, -0.1) is 0 Å². The minimum Gasteiger partial charge on any atom is -0.495 e. The number of ether oxygens (including phenoxy) is 1. The van der Waals surface area contributed by atoms with Crippen LogP contribution in [0.15, 0.2) is 95.9 Å². The summed E-state index contributed by atoms with van der Waals surface area (Å²) in [7, 11) is 4.89. The van der Waals surface area contributed by atoms with E-state index in [1.807, 2.05) is 55.4 Å². The lowest BCUT2D eigenvalue weighted by atomic mass is 10.0. The molecule has 4 aromatic rings. The molecule has 1 amide bonds. The topological polar surface area (TPSA) is 84.0 Å². The lowest BCUT2D eigenvalue weighted by Crippen LogP contribution is -2.21. The van der Waals surface area contributed by atoms with Crippen molar-refractivity contribution in [3.63, 3.8) is 0 Å². The third-order valence-corrected chi connectivity index (χ3v) is 8.63. The van der Waals surface area contributed by atoms with E-state index in [-0.39, 0.29) is 34.5 Å². The Morgan fingerprint density at radius 3 is 2.00 bits per heavy atom. The number of benzene rings is 4. The van der Waals surface area contributed by atoms with Crippen LogP contribution in [0.25, 0.3) is 11.1 Å². The van der Waals surface area contributed by atoms with Crippen molar-refractivity contribution in [2.24, 2.45) is 0 Å². The number of hydrogen-bond acceptors (Lipinski definition) is 6. The van der Waals surface area contributed by atoms with Gasteiger partial charge < -0.3 is 14.5 Å². The second kappa shape index (κ2) is 13.0. The van der Waals surface area contributed by atoms with E-state index >= 15 is 0 Å². The molecule has 0 saturated heterocycles. The molecule has 0 aliphatic heterocycles. The highest BCUT2D eigenvalue weighted by atomic mass is 32.2. The van der Waals surface area contributed by atoms with E-state index in [1.54, 1.807) is 68.7 Å². The van der Waals surface area contributed by atoms with Gasteiger partial charge in [0, 0.05) is 52.3 Å². The molecule has 8 heteroatoms. The molecule has 0 heterocycles. The third-order valence-electron chi connectivity index (χ3n) is 6.93. The Bertz CT molecular complexity index is 1710. The number of methoxy groups -OCH3 is 1. The predicted molar refractivity (Wildman–Crippen MR) is 167 cm³/mol. The van der Waals surface area contributed by atoms with E-state index in [1.165, 1.54) is 12.0 Å². The standard InChI is InChI=1S/C34H36N2O5S/c1-35(2)30-14-7-10-25(18-30)20-31(37)19-24-9-6-11-26(17-24)23-42(39,40)33-22-28(15-16-32(33)41-5)27-12-8-13-29(21-27)34(38)36(3)4/h6-18,21-22H,19-20,23H2,1-5H3. The van der Waals surface area contributed by atoms with Crippen molar-refractivity contribution in [1.29, 1.82) is 0 Å². The van der Waals surface area contributed by atoms with Crippen LogP contribution in [0.4, 0.5) is 5.69 Å². The molecular formula is C34H36N2O5S. The molecule has 0 atom stereocenters. The largest absolute Gasteiger partial charge is 0.495 e. The van der Waals surface area contributed by atoms with Gasteiger partial charge in [-0.1, -0.05) is 54.6 Å². The first-order chi connectivity index (χ1) is 20.0. The van der Waals surface area contributed by atoms with Crippen LogP contribution < -0.4 is 9.64 Å². The van der Waals surface area contributed by atoms with Gasteiger partial charge in [0.1, 0.15) is 16.4 Å². The van der Waals surface area contributed by atoms with Crippen molar-refractivity contribution >= 4 is 27.2 Å². The van der Waals surface area contributed by atoms with Gasteiger partial charge in [-0.05, 0) is 64.2 Å². The van der Waals surface area contributed by atoms with E-state index in [0.717, 1.165) is 22.4 Å². The molecule has 0 saturated carbocycles. The number of rotatable bonds is 11. The first kappa shape index (κ1) is 30.5. The van der Waals surface area contributed by atoms with Gasteiger partial charge in [0.2, 0.25) is 0 Å². The second-order valence-electron chi connectivity index (χ2n) is 10.7. The van der Waals surface area contributed by atoms with Crippen molar-refractivity contribution in [3.8, 4) is 16.9 Å². The average molecular weight is 585 g/mol. The average Bonchev–Trinajstić information content (AvgIpc) is 2.96. The molecule has 0 aliphatic carbocycles. The first-order valence-corrected chi connectivity index (χ1v) is 15.2. The van der Waals surface area contributed by atoms with E-state index < -0.39 is 9.84 Å². The molecule has 0 unspecified atom stereocenters. The van der Waals surface area contributed by atoms with E-state index in [0.29, 0.717) is 23.1 Å². The maximum Gasteiger partial charge on any atom is 0.253 e. The number of anilines is 1. The predicted octanol–water partition coefficient (Wildman–Crippen LogP) is 5.46. The van der Waals surface area contributed by atoms with Crippen LogP contribution in [0, 0.1) is 0 Å². The Labute approximate surface area is 248 Å². The van der Waals surface area contributed by atoms with Crippen molar-refractivity contribution in [3.05, 3.63) is 113 Å². The zero-order valence-corrected chi connectivity index (χ0v) is 25.4. The number of amides is 1. The minimum atomic E-state index is -3.82. The Hall–Kier alpha value is -4.43. The van der Waals surface area contributed by atoms with Crippen LogP contribution in [0.5, 0.6) is 5.75 Å². The first-order valence-electron chi connectivity index (χ1n) is 13.6. The molecule has 0 radical (unpaired) electrons. The number of hydrogen-bond donors (Lipinski definition) is 0. The molecule has 4 rings (SSSR count). The highest BCUT2D eigenvalue weighted by Crippen LogP contribution is 2.32. The number of Topliss-reactive ketones (excluding diaryl/α,β-unsaturated/α-hetero) is 1. The van der Waals surface area contributed by atoms with Gasteiger partial charge in [-0.25, -0.2) is 8.42 Å². The van der Waals surface area contributed by atoms with E-state index in [2.05, 4.69) is 0 Å². The molecule has 0 aliphatic rings. The summed E-state index contributed by atoms with van der Waals surface area (Å²) >= 11 is 0. The second-order valence-corrected chi connectivity index (χ2v) is 12.6. The molecule has 4 aromatic carbocycles. The van der Waals surface area contributed by atoms with Crippen LogP contribution in [0.1, 0.15) is 27.0 Å². The fraction of sp³-hybridized carbons (Fsp3) is 0.235. The normalized spacial score (nSPS) is 11.2. The summed E-state index contributed by atoms with van der Waals surface area (Å²) in [5.74, 6) is -0.0988. The van der Waals surface area contributed by atoms with Gasteiger partial charge >= 0.3 is 0 Å². The zero-order chi connectivity index (χ0) is 30.4. The van der Waals surface area contributed by atoms with Crippen molar-refractivity contribution in [1.82, 2.24) is 4.90 Å². The summed E-state index contributed by atoms with van der Waals surface area (Å²) in [6, 6.07) is 27.1. The third kappa shape index (κ3) is 7.44. The molecule has 218 valence electrons. The molecule has 42 heavy (non-hydrogen) atoms. The quantitative estimate of drug-likeness (QED) is 0.233. The summed E-state index contributed by atoms with van der Waals surface area (Å²) in [4.78, 5) is 28.9. The van der Waals surface area contributed by atoms with Crippen LogP contribution in [0.3, 0.4) is 0 Å². The number of carbonyl (C=O) groups excluding carboxylic acids is 2. The molecule has 7 nitrogen and oxygen atoms in total. The SMILES string of the molecule is COc1ccc(-c2cccc(C(=O)N(C)C)c2)cc1S(=O)(=O)Cc1cccc(CC(=O)Cc2cccc(N(C)C)c2)c1. The molecule has 0 bridgehead atoms. The Kier molecular flexibility index (Phi) is 9.48. The van der Waals surface area contributed by atoms with E-state index in [9.17, 15) is 18.0 Å². The van der Waals surface area contributed by atoms with Crippen molar-refractivity contribution in [2.45, 2.75) is 23.5 Å². The zero-order valence-electron chi connectivity index (χ0n) is 24.6. The van der Waals surface area contributed by atoms with Gasteiger partial charge in [0.05, 0.1) is 12.9 Å².